The molecule has 17 heteroatoms. The van der Waals surface area contributed by atoms with Crippen LogP contribution in [0.2, 0.25) is 0 Å². The van der Waals surface area contributed by atoms with E-state index in [1.165, 1.54) is 24.3 Å². The van der Waals surface area contributed by atoms with Gasteiger partial charge in [0, 0.05) is 35.7 Å². The smallest absolute Gasteiger partial charge is 0.508 e. The number of phenolic OH excluding ortho intramolecular Hbond substituents is 1. The van der Waals surface area contributed by atoms with Crippen molar-refractivity contribution in [3.63, 3.8) is 0 Å². The fourth-order valence-electron chi connectivity index (χ4n) is 7.87. The maximum Gasteiger partial charge on any atom is 0.573 e. The van der Waals surface area contributed by atoms with Crippen molar-refractivity contribution < 1.29 is 52.0 Å². The SMILES string of the molecule is O=C1[C@H]2[C@H](CC=C3[C@H]2C[C@H]2C(=O)N(c4ccc([N+](=O)[O-])cc4)C(=O)[C@H]2[C@H]3c2cc(OC(F)(F)F)ccc2O)C(=O)N1c1ccc([N+](=O)[O-])cc1. The lowest BCUT2D eigenvalue weighted by molar-refractivity contribution is -0.385. The Bertz CT molecular complexity index is 2030. The Kier molecular flexibility index (Phi) is 7.45. The lowest BCUT2D eigenvalue weighted by Crippen LogP contribution is -2.43. The first-order valence-electron chi connectivity index (χ1n) is 15.2. The van der Waals surface area contributed by atoms with Gasteiger partial charge in [0.1, 0.15) is 11.5 Å². The number of non-ortho nitro benzene ring substituents is 2. The Balaban J connectivity index is 1.33. The molecule has 3 aromatic rings. The van der Waals surface area contributed by atoms with Gasteiger partial charge < -0.3 is 9.84 Å². The molecule has 3 fully saturated rings. The van der Waals surface area contributed by atoms with E-state index in [0.717, 1.165) is 52.3 Å². The second-order valence-electron chi connectivity index (χ2n) is 12.4. The van der Waals surface area contributed by atoms with E-state index in [1.54, 1.807) is 6.08 Å². The number of phenols is 1. The zero-order valence-electron chi connectivity index (χ0n) is 25.4. The summed E-state index contributed by atoms with van der Waals surface area (Å²) in [6.07, 6.45) is -3.63. The molecular weight excluding hydrogens is 669 g/mol. The number of hydrogen-bond acceptors (Lipinski definition) is 10. The molecule has 0 radical (unpaired) electrons. The Hall–Kier alpha value is -6.13. The number of benzene rings is 3. The number of nitro benzene ring substituents is 2. The molecule has 2 heterocycles. The maximum atomic E-state index is 14.2. The summed E-state index contributed by atoms with van der Waals surface area (Å²) in [7, 11) is 0. The number of allylic oxidation sites excluding steroid dienone is 2. The number of nitrogens with zero attached hydrogens (tertiary/aromatic N) is 4. The Morgan fingerprint density at radius 1 is 0.720 bits per heavy atom. The minimum atomic E-state index is -5.10. The summed E-state index contributed by atoms with van der Waals surface area (Å²) in [5, 5.41) is 33.4. The van der Waals surface area contributed by atoms with Crippen LogP contribution in [0.25, 0.3) is 0 Å². The number of nitro groups is 2. The predicted molar refractivity (Wildman–Crippen MR) is 163 cm³/mol. The number of hydrogen-bond donors (Lipinski definition) is 1. The molecule has 4 amide bonds. The Morgan fingerprint density at radius 3 is 1.76 bits per heavy atom. The largest absolute Gasteiger partial charge is 0.573 e. The van der Waals surface area contributed by atoms with E-state index in [-0.39, 0.29) is 41.2 Å². The summed E-state index contributed by atoms with van der Waals surface area (Å²) in [6, 6.07) is 12.1. The molecule has 50 heavy (non-hydrogen) atoms. The van der Waals surface area contributed by atoms with Gasteiger partial charge in [-0.15, -0.1) is 13.2 Å². The number of amides is 4. The molecule has 2 aliphatic heterocycles. The van der Waals surface area contributed by atoms with Crippen LogP contribution in [0.4, 0.5) is 35.9 Å². The second kappa shape index (κ2) is 11.5. The molecule has 7 rings (SSSR count). The summed E-state index contributed by atoms with van der Waals surface area (Å²) in [6.45, 7) is 0. The van der Waals surface area contributed by atoms with E-state index in [4.69, 9.17) is 0 Å². The average molecular weight is 693 g/mol. The van der Waals surface area contributed by atoms with Crippen LogP contribution in [-0.2, 0) is 19.2 Å². The van der Waals surface area contributed by atoms with Crippen LogP contribution < -0.4 is 14.5 Å². The van der Waals surface area contributed by atoms with E-state index < -0.39 is 86.8 Å². The molecular formula is C33H23F3N4O10. The summed E-state index contributed by atoms with van der Waals surface area (Å²) < 4.78 is 43.8. The third-order valence-corrected chi connectivity index (χ3v) is 9.85. The quantitative estimate of drug-likeness (QED) is 0.156. The minimum absolute atomic E-state index is 0.00317. The van der Waals surface area contributed by atoms with Gasteiger partial charge >= 0.3 is 6.36 Å². The maximum absolute atomic E-state index is 14.2. The van der Waals surface area contributed by atoms with E-state index in [2.05, 4.69) is 4.74 Å². The van der Waals surface area contributed by atoms with Gasteiger partial charge in [0.05, 0.1) is 44.9 Å². The summed E-state index contributed by atoms with van der Waals surface area (Å²) in [5.74, 6) is -10.6. The van der Waals surface area contributed by atoms with Gasteiger partial charge in [-0.3, -0.25) is 49.2 Å². The number of halogens is 3. The number of anilines is 2. The van der Waals surface area contributed by atoms with Gasteiger partial charge in [0.2, 0.25) is 23.6 Å². The van der Waals surface area contributed by atoms with Crippen LogP contribution in [0, 0.1) is 49.8 Å². The fraction of sp³-hybridized carbons (Fsp3) is 0.273. The van der Waals surface area contributed by atoms with E-state index in [0.29, 0.717) is 5.57 Å². The highest BCUT2D eigenvalue weighted by atomic mass is 19.4. The molecule has 256 valence electrons. The second-order valence-corrected chi connectivity index (χ2v) is 12.4. The van der Waals surface area contributed by atoms with Gasteiger partial charge in [-0.2, -0.15) is 0 Å². The number of carbonyl (C=O) groups excluding carboxylic acids is 4. The number of aromatic hydroxyl groups is 1. The highest BCUT2D eigenvalue weighted by molar-refractivity contribution is 6.24. The lowest BCUT2D eigenvalue weighted by Gasteiger charge is -2.44. The normalized spacial score (nSPS) is 25.9. The number of rotatable bonds is 6. The molecule has 0 unspecified atom stereocenters. The molecule has 4 aliphatic rings. The molecule has 1 saturated carbocycles. The van der Waals surface area contributed by atoms with Crippen molar-refractivity contribution >= 4 is 46.4 Å². The molecule has 6 atom stereocenters. The van der Waals surface area contributed by atoms with Gasteiger partial charge in [0.25, 0.3) is 11.4 Å². The molecule has 3 aromatic carbocycles. The average Bonchev–Trinajstić information content (AvgIpc) is 3.47. The molecule has 2 saturated heterocycles. The zero-order chi connectivity index (χ0) is 35.8. The minimum Gasteiger partial charge on any atom is -0.508 e. The molecule has 2 aliphatic carbocycles. The predicted octanol–water partition coefficient (Wildman–Crippen LogP) is 5.15. The molecule has 14 nitrogen and oxygen atoms in total. The number of imide groups is 2. The van der Waals surface area contributed by atoms with Crippen molar-refractivity contribution in [3.05, 3.63) is 104 Å². The lowest BCUT2D eigenvalue weighted by atomic mass is 9.57. The molecule has 0 aromatic heterocycles. The highest BCUT2D eigenvalue weighted by Gasteiger charge is 2.62. The van der Waals surface area contributed by atoms with Crippen LogP contribution in [0.15, 0.2) is 78.4 Å². The molecule has 1 N–H and O–H groups in total. The van der Waals surface area contributed by atoms with Gasteiger partial charge in [0.15, 0.2) is 0 Å². The van der Waals surface area contributed by atoms with Crippen molar-refractivity contribution in [3.8, 4) is 11.5 Å². The van der Waals surface area contributed by atoms with Gasteiger partial charge in [-0.05, 0) is 61.2 Å². The van der Waals surface area contributed by atoms with Crippen LogP contribution >= 0.6 is 0 Å². The van der Waals surface area contributed by atoms with Crippen molar-refractivity contribution in [1.82, 2.24) is 0 Å². The topological polar surface area (TPSA) is 190 Å². The number of alkyl halides is 3. The molecule has 0 spiro atoms. The van der Waals surface area contributed by atoms with E-state index in [1.807, 2.05) is 0 Å². The van der Waals surface area contributed by atoms with Gasteiger partial charge in [-0.25, -0.2) is 0 Å². The zero-order valence-corrected chi connectivity index (χ0v) is 25.4. The standard InChI is InChI=1S/C33H23F3N4O10/c34-33(35,36)50-19-9-12-25(41)23(13-19)26-20-10-11-21-27(31(44)37(29(21)42)15-1-5-17(6-2-15)39(46)47)22(20)14-24-28(26)32(45)38(30(24)43)16-3-7-18(8-4-16)40(48)49/h1-10,12-13,21-22,24,26-28,41H,11,14H2/t21-,22+,24+,26+,27-,28+/m0/s1. The van der Waals surface area contributed by atoms with Crippen molar-refractivity contribution in [2.24, 2.45) is 29.6 Å². The van der Waals surface area contributed by atoms with Crippen molar-refractivity contribution in [2.45, 2.75) is 25.1 Å². The van der Waals surface area contributed by atoms with Gasteiger partial charge in [-0.1, -0.05) is 11.6 Å². The van der Waals surface area contributed by atoms with Crippen LogP contribution in [-0.4, -0.2) is 44.9 Å². The third kappa shape index (κ3) is 5.12. The number of fused-ring (bicyclic) bond motifs is 4. The summed E-state index contributed by atoms with van der Waals surface area (Å²) in [5.41, 5.74) is -0.300. The van der Waals surface area contributed by atoms with Crippen LogP contribution in [0.5, 0.6) is 11.5 Å². The van der Waals surface area contributed by atoms with Crippen molar-refractivity contribution in [2.75, 3.05) is 9.80 Å². The monoisotopic (exact) mass is 692 g/mol. The fourth-order valence-corrected chi connectivity index (χ4v) is 7.87. The van der Waals surface area contributed by atoms with Crippen LogP contribution in [0.3, 0.4) is 0 Å². The third-order valence-electron chi connectivity index (χ3n) is 9.85. The Labute approximate surface area is 278 Å². The van der Waals surface area contributed by atoms with E-state index >= 15 is 0 Å². The first-order valence-corrected chi connectivity index (χ1v) is 15.2. The first kappa shape index (κ1) is 32.4. The van der Waals surface area contributed by atoms with Crippen molar-refractivity contribution in [1.29, 1.82) is 0 Å². The van der Waals surface area contributed by atoms with Crippen LogP contribution in [0.1, 0.15) is 24.3 Å². The number of ether oxygens (including phenoxy) is 1. The summed E-state index contributed by atoms with van der Waals surface area (Å²) in [4.78, 5) is 78.9. The highest BCUT2D eigenvalue weighted by Crippen LogP contribution is 2.59. The Morgan fingerprint density at radius 2 is 1.24 bits per heavy atom. The summed E-state index contributed by atoms with van der Waals surface area (Å²) >= 11 is 0. The first-order chi connectivity index (χ1) is 23.7. The number of carbonyl (C=O) groups is 4. The molecule has 0 bridgehead atoms. The van der Waals surface area contributed by atoms with E-state index in [9.17, 15) is 57.7 Å².